The van der Waals surface area contributed by atoms with Gasteiger partial charge in [0, 0.05) is 18.1 Å². The van der Waals surface area contributed by atoms with Crippen LogP contribution in [0.15, 0.2) is 42.5 Å². The molecule has 2 aromatic rings. The van der Waals surface area contributed by atoms with Crippen molar-refractivity contribution in [1.29, 1.82) is 0 Å². The molecule has 0 amide bonds. The van der Waals surface area contributed by atoms with E-state index in [1.165, 1.54) is 6.07 Å². The van der Waals surface area contributed by atoms with Gasteiger partial charge in [0.1, 0.15) is 11.3 Å². The third-order valence-corrected chi connectivity index (χ3v) is 8.53. The average molecular weight is 502 g/mol. The first-order valence-corrected chi connectivity index (χ1v) is 13.1. The first-order valence-electron chi connectivity index (χ1n) is 13.1. The van der Waals surface area contributed by atoms with Crippen molar-refractivity contribution in [3.8, 4) is 5.75 Å². The van der Waals surface area contributed by atoms with Gasteiger partial charge in [-0.25, -0.2) is 0 Å². The average Bonchev–Trinajstić information content (AvgIpc) is 2.83. The summed E-state index contributed by atoms with van der Waals surface area (Å²) >= 11 is 0. The molecule has 7 heteroatoms. The Morgan fingerprint density at radius 1 is 1.08 bits per heavy atom. The van der Waals surface area contributed by atoms with Crippen molar-refractivity contribution in [2.24, 2.45) is 5.92 Å². The molecule has 2 bridgehead atoms. The monoisotopic (exact) mass is 501 g/mol. The Kier molecular flexibility index (Phi) is 6.79. The van der Waals surface area contributed by atoms with Crippen molar-refractivity contribution in [2.75, 3.05) is 0 Å². The number of alkyl halides is 3. The standard InChI is InChI=1S/C29H34F3NO3/c1-17-6-10-24(11-7-17)36-26-13-9-20-14-19(8-12-25(20)27(26)29(30,31)32)18(2)33-22-4-3-5-23(33)16-21(15-22)28(34)35/h8-9,12-14,18,21-24H,1,3-7,10-11,15-16H2,2H3,(H,34,35). The Morgan fingerprint density at radius 3 is 2.36 bits per heavy atom. The van der Waals surface area contributed by atoms with Gasteiger partial charge in [-0.15, -0.1) is 0 Å². The van der Waals surface area contributed by atoms with Gasteiger partial charge in [-0.3, -0.25) is 9.69 Å². The molecule has 36 heavy (non-hydrogen) atoms. The normalized spacial score (nSPS) is 26.7. The first-order chi connectivity index (χ1) is 17.1. The molecule has 5 rings (SSSR count). The summed E-state index contributed by atoms with van der Waals surface area (Å²) in [6, 6.07) is 8.83. The van der Waals surface area contributed by atoms with E-state index in [9.17, 15) is 23.1 Å². The number of ether oxygens (including phenoxy) is 1. The molecule has 4 nitrogen and oxygen atoms in total. The van der Waals surface area contributed by atoms with Gasteiger partial charge in [0.15, 0.2) is 0 Å². The highest BCUT2D eigenvalue weighted by Gasteiger charge is 2.43. The lowest BCUT2D eigenvalue weighted by Crippen LogP contribution is -2.53. The van der Waals surface area contributed by atoms with Crippen molar-refractivity contribution in [3.63, 3.8) is 0 Å². The predicted molar refractivity (Wildman–Crippen MR) is 133 cm³/mol. The van der Waals surface area contributed by atoms with Crippen molar-refractivity contribution < 1.29 is 27.8 Å². The van der Waals surface area contributed by atoms with Gasteiger partial charge in [0.05, 0.1) is 12.0 Å². The second-order valence-electron chi connectivity index (χ2n) is 10.9. The van der Waals surface area contributed by atoms with E-state index in [0.717, 1.165) is 43.2 Å². The molecule has 3 unspecified atom stereocenters. The molecule has 1 saturated carbocycles. The minimum atomic E-state index is -4.53. The number of hydrogen-bond acceptors (Lipinski definition) is 3. The molecular weight excluding hydrogens is 467 g/mol. The van der Waals surface area contributed by atoms with Crippen LogP contribution in [0.5, 0.6) is 5.75 Å². The third-order valence-electron chi connectivity index (χ3n) is 8.53. The number of halogens is 3. The van der Waals surface area contributed by atoms with Gasteiger partial charge in [-0.1, -0.05) is 36.8 Å². The Labute approximate surface area is 210 Å². The van der Waals surface area contributed by atoms with Crippen molar-refractivity contribution in [1.82, 2.24) is 4.90 Å². The van der Waals surface area contributed by atoms with Crippen LogP contribution in [0.1, 0.15) is 81.9 Å². The molecule has 2 saturated heterocycles. The number of rotatable bonds is 5. The van der Waals surface area contributed by atoms with Gasteiger partial charge in [0.2, 0.25) is 0 Å². The minimum Gasteiger partial charge on any atom is -0.490 e. The smallest absolute Gasteiger partial charge is 0.420 e. The van der Waals surface area contributed by atoms with E-state index in [0.29, 0.717) is 31.1 Å². The number of benzene rings is 2. The molecule has 2 aliphatic heterocycles. The summed E-state index contributed by atoms with van der Waals surface area (Å²) in [7, 11) is 0. The van der Waals surface area contributed by atoms with E-state index in [1.807, 2.05) is 6.07 Å². The summed E-state index contributed by atoms with van der Waals surface area (Å²) in [5.41, 5.74) is 1.38. The van der Waals surface area contributed by atoms with Crippen LogP contribution >= 0.6 is 0 Å². The topological polar surface area (TPSA) is 49.8 Å². The quantitative estimate of drug-likeness (QED) is 0.431. The molecule has 3 fully saturated rings. The number of piperidine rings is 2. The van der Waals surface area contributed by atoms with Crippen LogP contribution < -0.4 is 4.74 Å². The maximum atomic E-state index is 14.3. The summed E-state index contributed by atoms with van der Waals surface area (Å²) in [5.74, 6) is -1.13. The molecule has 2 aromatic carbocycles. The number of aliphatic carboxylic acids is 1. The fraction of sp³-hybridized carbons (Fsp3) is 0.552. The lowest BCUT2D eigenvalue weighted by molar-refractivity contribution is -0.147. The van der Waals surface area contributed by atoms with Crippen molar-refractivity contribution >= 4 is 16.7 Å². The number of carbonyl (C=O) groups is 1. The second-order valence-corrected chi connectivity index (χ2v) is 10.9. The maximum Gasteiger partial charge on any atom is 0.420 e. The van der Waals surface area contributed by atoms with Crippen LogP contribution in [-0.4, -0.2) is 34.2 Å². The van der Waals surface area contributed by atoms with Crippen LogP contribution in [0.3, 0.4) is 0 Å². The Bertz CT molecular complexity index is 1140. The van der Waals surface area contributed by atoms with Crippen LogP contribution in [0.4, 0.5) is 13.2 Å². The first kappa shape index (κ1) is 25.1. The van der Waals surface area contributed by atoms with E-state index < -0.39 is 17.7 Å². The highest BCUT2D eigenvalue weighted by atomic mass is 19.4. The predicted octanol–water partition coefficient (Wildman–Crippen LogP) is 7.51. The largest absolute Gasteiger partial charge is 0.490 e. The zero-order valence-electron chi connectivity index (χ0n) is 20.7. The summed E-state index contributed by atoms with van der Waals surface area (Å²) in [5, 5.41) is 10.3. The Hall–Kier alpha value is -2.54. The van der Waals surface area contributed by atoms with E-state index in [4.69, 9.17) is 4.74 Å². The third kappa shape index (κ3) is 4.86. The van der Waals surface area contributed by atoms with Gasteiger partial charge < -0.3 is 9.84 Å². The number of allylic oxidation sites excluding steroid dienone is 1. The zero-order chi connectivity index (χ0) is 25.6. The molecule has 3 aliphatic rings. The summed E-state index contributed by atoms with van der Waals surface area (Å²) in [4.78, 5) is 14.1. The van der Waals surface area contributed by atoms with Crippen LogP contribution in [0.2, 0.25) is 0 Å². The molecule has 0 aromatic heterocycles. The molecule has 0 radical (unpaired) electrons. The van der Waals surface area contributed by atoms with E-state index in [2.05, 4.69) is 18.4 Å². The van der Waals surface area contributed by atoms with Gasteiger partial charge in [-0.2, -0.15) is 13.2 Å². The molecule has 2 heterocycles. The maximum absolute atomic E-state index is 14.3. The Morgan fingerprint density at radius 2 is 1.75 bits per heavy atom. The second kappa shape index (κ2) is 9.73. The summed E-state index contributed by atoms with van der Waals surface area (Å²) in [6.45, 7) is 6.06. The number of carboxylic acids is 1. The SMILES string of the molecule is C=C1CCC(Oc2ccc3cc(C(C)N4C5CCCC4CC(C(=O)O)C5)ccc3c2C(F)(F)F)CC1. The van der Waals surface area contributed by atoms with Gasteiger partial charge >= 0.3 is 12.1 Å². The highest BCUT2D eigenvalue weighted by molar-refractivity contribution is 5.89. The number of nitrogens with zero attached hydrogens (tertiary/aromatic N) is 1. The molecule has 194 valence electrons. The lowest BCUT2D eigenvalue weighted by Gasteiger charge is -2.51. The fourth-order valence-corrected chi connectivity index (χ4v) is 6.70. The number of fused-ring (bicyclic) bond motifs is 3. The highest BCUT2D eigenvalue weighted by Crippen LogP contribution is 2.45. The molecule has 0 spiro atoms. The number of carboxylic acid groups (broad SMARTS) is 1. The Balaban J connectivity index is 1.44. The number of hydrogen-bond donors (Lipinski definition) is 1. The van der Waals surface area contributed by atoms with Crippen LogP contribution in [-0.2, 0) is 11.0 Å². The van der Waals surface area contributed by atoms with E-state index >= 15 is 0 Å². The summed E-state index contributed by atoms with van der Waals surface area (Å²) in [6.07, 6.45) is 2.47. The lowest BCUT2D eigenvalue weighted by atomic mass is 9.77. The van der Waals surface area contributed by atoms with Crippen molar-refractivity contribution in [3.05, 3.63) is 53.6 Å². The van der Waals surface area contributed by atoms with Gasteiger partial charge in [-0.05, 0) is 86.8 Å². The molecule has 3 atom stereocenters. The van der Waals surface area contributed by atoms with E-state index in [-0.39, 0.29) is 41.3 Å². The molecule has 1 aliphatic carbocycles. The fourth-order valence-electron chi connectivity index (χ4n) is 6.70. The van der Waals surface area contributed by atoms with Crippen LogP contribution in [0, 0.1) is 5.92 Å². The molecule has 1 N–H and O–H groups in total. The molecular formula is C29H34F3NO3. The summed E-state index contributed by atoms with van der Waals surface area (Å²) < 4.78 is 48.7. The van der Waals surface area contributed by atoms with Gasteiger partial charge in [0.25, 0.3) is 0 Å². The van der Waals surface area contributed by atoms with E-state index in [1.54, 1.807) is 18.2 Å². The zero-order valence-corrected chi connectivity index (χ0v) is 20.7. The van der Waals surface area contributed by atoms with Crippen LogP contribution in [0.25, 0.3) is 10.8 Å². The van der Waals surface area contributed by atoms with Crippen molar-refractivity contribution in [2.45, 2.75) is 95.1 Å². The minimum absolute atomic E-state index is 0.0000427.